The molecule has 1 saturated heterocycles. The van der Waals surface area contributed by atoms with E-state index in [2.05, 4.69) is 20.3 Å². The molecule has 0 saturated carbocycles. The van der Waals surface area contributed by atoms with E-state index in [-0.39, 0.29) is 24.8 Å². The largest absolute Gasteiger partial charge is 0.497 e. The summed E-state index contributed by atoms with van der Waals surface area (Å²) < 4.78 is 26.1. The number of aliphatic hydroxyl groups excluding tert-OH is 1. The molecule has 3 atom stereocenters. The number of benzene rings is 4. The molecule has 0 spiro atoms. The summed E-state index contributed by atoms with van der Waals surface area (Å²) in [6.07, 6.45) is 1.11. The Hall–Kier alpha value is -5.62. The van der Waals surface area contributed by atoms with Gasteiger partial charge in [0.1, 0.15) is 35.8 Å². The van der Waals surface area contributed by atoms with Crippen LogP contribution in [-0.4, -0.2) is 63.6 Å². The lowest BCUT2D eigenvalue weighted by Gasteiger charge is -2.37. The number of hydrogen-bond acceptors (Lipinski definition) is 9. The van der Waals surface area contributed by atoms with Crippen molar-refractivity contribution in [3.63, 3.8) is 0 Å². The van der Waals surface area contributed by atoms with E-state index in [4.69, 9.17) is 18.9 Å². The van der Waals surface area contributed by atoms with Gasteiger partial charge in [0.15, 0.2) is 17.0 Å². The van der Waals surface area contributed by atoms with Gasteiger partial charge in [0.25, 0.3) is 5.91 Å². The van der Waals surface area contributed by atoms with Crippen molar-refractivity contribution in [3.8, 4) is 11.5 Å². The highest BCUT2D eigenvalue weighted by Crippen LogP contribution is 2.43. The van der Waals surface area contributed by atoms with Gasteiger partial charge in [-0.15, -0.1) is 0 Å². The molecule has 7 rings (SSSR count). The van der Waals surface area contributed by atoms with Gasteiger partial charge in [0.2, 0.25) is 0 Å². The molecule has 0 radical (unpaired) electrons. The fourth-order valence-electron chi connectivity index (χ4n) is 6.24. The zero-order chi connectivity index (χ0) is 33.8. The van der Waals surface area contributed by atoms with Crippen LogP contribution in [-0.2, 0) is 15.1 Å². The highest BCUT2D eigenvalue weighted by Gasteiger charge is 2.42. The zero-order valence-electron chi connectivity index (χ0n) is 27.0. The normalized spacial score (nSPS) is 17.6. The number of imidazole rings is 1. The highest BCUT2D eigenvalue weighted by atomic mass is 16.6. The highest BCUT2D eigenvalue weighted by molar-refractivity contribution is 6.06. The number of ether oxygens (including phenoxy) is 4. The lowest BCUT2D eigenvalue weighted by Crippen LogP contribution is -2.38. The molecule has 0 unspecified atom stereocenters. The molecule has 0 bridgehead atoms. The van der Waals surface area contributed by atoms with Gasteiger partial charge >= 0.3 is 0 Å². The molecular formula is C38H35N5O6. The van der Waals surface area contributed by atoms with Crippen LogP contribution in [0.25, 0.3) is 11.2 Å². The third kappa shape index (κ3) is 6.22. The predicted octanol–water partition coefficient (Wildman–Crippen LogP) is 5.75. The molecule has 4 aromatic carbocycles. The van der Waals surface area contributed by atoms with Crippen molar-refractivity contribution >= 4 is 22.9 Å². The second-order valence-corrected chi connectivity index (χ2v) is 11.6. The molecule has 1 aliphatic heterocycles. The van der Waals surface area contributed by atoms with Crippen molar-refractivity contribution in [3.05, 3.63) is 144 Å². The average molecular weight is 658 g/mol. The second kappa shape index (κ2) is 13.9. The summed E-state index contributed by atoms with van der Waals surface area (Å²) in [5, 5.41) is 14.1. The maximum absolute atomic E-state index is 12.8. The smallest absolute Gasteiger partial charge is 0.256 e. The summed E-state index contributed by atoms with van der Waals surface area (Å²) in [6, 6.07) is 34.4. The fraction of sp³-hybridized carbons (Fsp3) is 0.211. The van der Waals surface area contributed by atoms with Gasteiger partial charge in [-0.05, 0) is 53.1 Å². The Kier molecular flexibility index (Phi) is 9.03. The number of nitrogens with one attached hydrogen (secondary N) is 1. The van der Waals surface area contributed by atoms with Crippen LogP contribution in [0.2, 0.25) is 0 Å². The molecule has 11 heteroatoms. The van der Waals surface area contributed by atoms with Crippen LogP contribution >= 0.6 is 0 Å². The monoisotopic (exact) mass is 657 g/mol. The van der Waals surface area contributed by atoms with Gasteiger partial charge < -0.3 is 29.4 Å². The van der Waals surface area contributed by atoms with Crippen molar-refractivity contribution < 1.29 is 28.8 Å². The minimum atomic E-state index is -1.07. The molecule has 1 fully saturated rings. The van der Waals surface area contributed by atoms with Crippen molar-refractivity contribution in [2.24, 2.45) is 0 Å². The molecule has 2 aromatic heterocycles. The van der Waals surface area contributed by atoms with Crippen LogP contribution in [0.5, 0.6) is 11.5 Å². The lowest BCUT2D eigenvalue weighted by atomic mass is 9.80. The summed E-state index contributed by atoms with van der Waals surface area (Å²) in [5.41, 5.74) is 2.94. The Morgan fingerprint density at radius 1 is 0.837 bits per heavy atom. The van der Waals surface area contributed by atoms with E-state index in [9.17, 15) is 9.90 Å². The first kappa shape index (κ1) is 32.0. The first-order chi connectivity index (χ1) is 24.0. The van der Waals surface area contributed by atoms with Crippen molar-refractivity contribution in [2.45, 2.75) is 30.5 Å². The average Bonchev–Trinajstić information content (AvgIpc) is 3.76. The standard InChI is InChI=1S/C38H35N5O6/c1-46-29-17-13-27(14-18-29)38(26-11-7-4-8-12-26,28-15-19-30(47-2)20-16-28)48-22-32-31(44)21-33(49-32)43-24-41-34-35(39-23-40-36(34)43)42-37(45)25-9-5-3-6-10-25/h3-20,23-24,31-33,44H,21-22H2,1-2H3,(H,39,40,42,45)/t31-,32+,33-/m1/s1. The molecule has 3 heterocycles. The van der Waals surface area contributed by atoms with Crippen LogP contribution < -0.4 is 14.8 Å². The molecule has 1 aliphatic rings. The minimum Gasteiger partial charge on any atom is -0.497 e. The van der Waals surface area contributed by atoms with Crippen molar-refractivity contribution in [2.75, 3.05) is 26.1 Å². The van der Waals surface area contributed by atoms with E-state index in [0.717, 1.165) is 28.2 Å². The summed E-state index contributed by atoms with van der Waals surface area (Å²) >= 11 is 0. The van der Waals surface area contributed by atoms with Crippen LogP contribution in [0, 0.1) is 0 Å². The third-order valence-electron chi connectivity index (χ3n) is 8.78. The van der Waals surface area contributed by atoms with Gasteiger partial charge in [0.05, 0.1) is 33.3 Å². The molecule has 6 aromatic rings. The zero-order valence-corrected chi connectivity index (χ0v) is 27.0. The third-order valence-corrected chi connectivity index (χ3v) is 8.78. The SMILES string of the molecule is COc1ccc(C(OC[C@@H]2O[C@@H](n3cnc4c(NC(=O)c5ccccc5)ncnc43)C[C@H]2O)(c2ccccc2)c2ccc(OC)cc2)cc1. The predicted molar refractivity (Wildman–Crippen MR) is 183 cm³/mol. The molecule has 11 nitrogen and oxygen atoms in total. The van der Waals surface area contributed by atoms with Gasteiger partial charge in [-0.25, -0.2) is 15.0 Å². The maximum Gasteiger partial charge on any atom is 0.256 e. The van der Waals surface area contributed by atoms with E-state index < -0.39 is 24.0 Å². The number of aliphatic hydroxyl groups is 1. The van der Waals surface area contributed by atoms with Gasteiger partial charge in [0, 0.05) is 12.0 Å². The Morgan fingerprint density at radius 2 is 1.43 bits per heavy atom. The van der Waals surface area contributed by atoms with Crippen molar-refractivity contribution in [1.82, 2.24) is 19.5 Å². The summed E-state index contributed by atoms with van der Waals surface area (Å²) in [4.78, 5) is 26.0. The first-order valence-corrected chi connectivity index (χ1v) is 15.9. The summed E-state index contributed by atoms with van der Waals surface area (Å²) in [6.45, 7) is 0.0601. The topological polar surface area (TPSA) is 130 Å². The number of amides is 1. The van der Waals surface area contributed by atoms with Crippen molar-refractivity contribution in [1.29, 1.82) is 0 Å². The summed E-state index contributed by atoms with van der Waals surface area (Å²) in [7, 11) is 3.26. The number of hydrogen-bond donors (Lipinski definition) is 2. The molecule has 1 amide bonds. The van der Waals surface area contributed by atoms with Gasteiger partial charge in [-0.1, -0.05) is 72.8 Å². The Labute approximate surface area is 283 Å². The molecular weight excluding hydrogens is 622 g/mol. The van der Waals surface area contributed by atoms with E-state index in [1.54, 1.807) is 49.4 Å². The van der Waals surface area contributed by atoms with E-state index >= 15 is 0 Å². The first-order valence-electron chi connectivity index (χ1n) is 15.9. The van der Waals surface area contributed by atoms with E-state index in [1.807, 2.05) is 84.9 Å². The number of aromatic nitrogens is 4. The maximum atomic E-state index is 12.8. The van der Waals surface area contributed by atoms with Crippen LogP contribution in [0.3, 0.4) is 0 Å². The Bertz CT molecular complexity index is 1970. The summed E-state index contributed by atoms with van der Waals surface area (Å²) in [5.74, 6) is 1.41. The number of carbonyl (C=O) groups is 1. The molecule has 248 valence electrons. The number of carbonyl (C=O) groups excluding carboxylic acids is 1. The van der Waals surface area contributed by atoms with E-state index in [0.29, 0.717) is 16.7 Å². The quantitative estimate of drug-likeness (QED) is 0.167. The minimum absolute atomic E-state index is 0.0601. The van der Waals surface area contributed by atoms with E-state index in [1.165, 1.54) is 6.33 Å². The Balaban J connectivity index is 1.18. The molecule has 0 aliphatic carbocycles. The van der Waals surface area contributed by atoms with Crippen LogP contribution in [0.1, 0.15) is 39.7 Å². The fourth-order valence-corrected chi connectivity index (χ4v) is 6.24. The van der Waals surface area contributed by atoms with Gasteiger partial charge in [-0.2, -0.15) is 0 Å². The van der Waals surface area contributed by atoms with Crippen LogP contribution in [0.15, 0.2) is 122 Å². The Morgan fingerprint density at radius 3 is 2.04 bits per heavy atom. The number of rotatable bonds is 11. The van der Waals surface area contributed by atoms with Crippen LogP contribution in [0.4, 0.5) is 5.82 Å². The van der Waals surface area contributed by atoms with Gasteiger partial charge in [-0.3, -0.25) is 9.36 Å². The molecule has 2 N–H and O–H groups in total. The number of methoxy groups -OCH3 is 2. The molecule has 49 heavy (non-hydrogen) atoms. The second-order valence-electron chi connectivity index (χ2n) is 11.6. The number of anilines is 1. The lowest BCUT2D eigenvalue weighted by molar-refractivity contribution is -0.0931. The number of fused-ring (bicyclic) bond motifs is 1. The number of nitrogens with zero attached hydrogens (tertiary/aromatic N) is 4.